The molecular formula is C18H22BrN3O. The van der Waals surface area contributed by atoms with Crippen molar-refractivity contribution in [1.82, 2.24) is 9.55 Å². The van der Waals surface area contributed by atoms with Crippen molar-refractivity contribution in [3.05, 3.63) is 56.5 Å². The molecule has 0 N–H and O–H groups in total. The summed E-state index contributed by atoms with van der Waals surface area (Å²) >= 11 is 3.56. The van der Waals surface area contributed by atoms with Gasteiger partial charge < -0.3 is 9.47 Å². The summed E-state index contributed by atoms with van der Waals surface area (Å²) in [5.41, 5.74) is 2.70. The third kappa shape index (κ3) is 3.34. The van der Waals surface area contributed by atoms with Crippen LogP contribution < -0.4 is 10.5 Å². The predicted molar refractivity (Wildman–Crippen MR) is 97.2 cm³/mol. The minimum Gasteiger partial charge on any atom is -0.352 e. The Kier molecular flexibility index (Phi) is 4.85. The Balaban J connectivity index is 1.73. The number of hydrogen-bond donors (Lipinski definition) is 0. The van der Waals surface area contributed by atoms with E-state index >= 15 is 0 Å². The molecule has 0 spiro atoms. The molecule has 0 atom stereocenters. The zero-order valence-electron chi connectivity index (χ0n) is 13.6. The minimum atomic E-state index is 0.0212. The highest BCUT2D eigenvalue weighted by molar-refractivity contribution is 9.10. The second kappa shape index (κ2) is 6.87. The number of benzene rings is 1. The van der Waals surface area contributed by atoms with Gasteiger partial charge in [0, 0.05) is 36.5 Å². The van der Waals surface area contributed by atoms with Crippen LogP contribution in [0.25, 0.3) is 0 Å². The van der Waals surface area contributed by atoms with Gasteiger partial charge in [-0.15, -0.1) is 0 Å². The largest absolute Gasteiger partial charge is 0.352 e. The fraction of sp³-hybridized carbons (Fsp3) is 0.444. The molecule has 23 heavy (non-hydrogen) atoms. The van der Waals surface area contributed by atoms with Gasteiger partial charge in [0.15, 0.2) is 5.82 Å². The van der Waals surface area contributed by atoms with Crippen LogP contribution in [0, 0.1) is 6.92 Å². The highest BCUT2D eigenvalue weighted by Crippen LogP contribution is 2.31. The zero-order valence-corrected chi connectivity index (χ0v) is 15.2. The molecule has 1 fully saturated rings. The van der Waals surface area contributed by atoms with Crippen molar-refractivity contribution in [3.8, 4) is 0 Å². The van der Waals surface area contributed by atoms with Crippen molar-refractivity contribution >= 4 is 21.7 Å². The molecule has 0 saturated carbocycles. The summed E-state index contributed by atoms with van der Waals surface area (Å²) in [7, 11) is 0. The number of rotatable bonds is 3. The van der Waals surface area contributed by atoms with E-state index in [2.05, 4.69) is 50.9 Å². The lowest BCUT2D eigenvalue weighted by Crippen LogP contribution is -2.38. The van der Waals surface area contributed by atoms with Crippen LogP contribution in [0.4, 0.5) is 5.82 Å². The first-order chi connectivity index (χ1) is 11.1. The average Bonchev–Trinajstić information content (AvgIpc) is 2.58. The average molecular weight is 376 g/mol. The van der Waals surface area contributed by atoms with Crippen LogP contribution in [0.2, 0.25) is 0 Å². The number of hydrogen-bond acceptors (Lipinski definition) is 3. The number of aryl methyl sites for hydroxylation is 2. The van der Waals surface area contributed by atoms with Gasteiger partial charge in [0.1, 0.15) is 0 Å². The molecule has 0 amide bonds. The van der Waals surface area contributed by atoms with E-state index in [9.17, 15) is 4.79 Å². The van der Waals surface area contributed by atoms with Crippen molar-refractivity contribution in [1.29, 1.82) is 0 Å². The van der Waals surface area contributed by atoms with Gasteiger partial charge in [-0.1, -0.05) is 28.1 Å². The smallest absolute Gasteiger partial charge is 0.293 e. The topological polar surface area (TPSA) is 38.1 Å². The molecule has 5 heteroatoms. The summed E-state index contributed by atoms with van der Waals surface area (Å²) < 4.78 is 2.87. The Labute approximate surface area is 145 Å². The second-order valence-corrected chi connectivity index (χ2v) is 6.97. The van der Waals surface area contributed by atoms with Crippen molar-refractivity contribution in [2.75, 3.05) is 18.0 Å². The normalized spacial score (nSPS) is 15.9. The van der Waals surface area contributed by atoms with Gasteiger partial charge >= 0.3 is 0 Å². The monoisotopic (exact) mass is 375 g/mol. The van der Waals surface area contributed by atoms with E-state index in [0.717, 1.165) is 30.4 Å². The summed E-state index contributed by atoms with van der Waals surface area (Å²) in [6, 6.07) is 6.62. The van der Waals surface area contributed by atoms with E-state index in [-0.39, 0.29) is 5.56 Å². The summed E-state index contributed by atoms with van der Waals surface area (Å²) in [6.07, 6.45) is 5.60. The first kappa shape index (κ1) is 16.2. The highest BCUT2D eigenvalue weighted by Gasteiger charge is 2.23. The standard InChI is InChI=1S/C18H22BrN3O/c1-3-21-11-8-20-17(18(21)23)22-9-6-14(7-10-22)15-4-5-16(19)13(2)12-15/h4-5,8,11-12,14H,3,6-7,9-10H2,1-2H3. The summed E-state index contributed by atoms with van der Waals surface area (Å²) in [5.74, 6) is 1.16. The molecule has 2 heterocycles. The van der Waals surface area contributed by atoms with Crippen molar-refractivity contribution in [2.24, 2.45) is 0 Å². The highest BCUT2D eigenvalue weighted by atomic mass is 79.9. The Morgan fingerprint density at radius 1 is 1.30 bits per heavy atom. The maximum atomic E-state index is 12.4. The Hall–Kier alpha value is -1.62. The quantitative estimate of drug-likeness (QED) is 0.820. The molecule has 0 bridgehead atoms. The van der Waals surface area contributed by atoms with Gasteiger partial charge in [-0.2, -0.15) is 0 Å². The fourth-order valence-corrected chi connectivity index (χ4v) is 3.49. The molecule has 2 aromatic rings. The first-order valence-corrected chi connectivity index (χ1v) is 8.96. The predicted octanol–water partition coefficient (Wildman–Crippen LogP) is 3.72. The minimum absolute atomic E-state index is 0.0212. The molecule has 1 aromatic carbocycles. The van der Waals surface area contributed by atoms with E-state index < -0.39 is 0 Å². The van der Waals surface area contributed by atoms with Crippen LogP contribution in [0.15, 0.2) is 39.9 Å². The van der Waals surface area contributed by atoms with E-state index in [0.29, 0.717) is 18.3 Å². The van der Waals surface area contributed by atoms with Crippen molar-refractivity contribution < 1.29 is 0 Å². The molecule has 1 aliphatic heterocycles. The van der Waals surface area contributed by atoms with E-state index in [1.165, 1.54) is 11.1 Å². The van der Waals surface area contributed by atoms with Crippen LogP contribution >= 0.6 is 15.9 Å². The molecule has 3 rings (SSSR count). The van der Waals surface area contributed by atoms with E-state index in [1.807, 2.05) is 6.92 Å². The second-order valence-electron chi connectivity index (χ2n) is 6.11. The van der Waals surface area contributed by atoms with Gasteiger partial charge in [0.25, 0.3) is 5.56 Å². The van der Waals surface area contributed by atoms with Crippen LogP contribution in [0.5, 0.6) is 0 Å². The summed E-state index contributed by atoms with van der Waals surface area (Å²) in [5, 5.41) is 0. The van der Waals surface area contributed by atoms with Gasteiger partial charge in [-0.05, 0) is 49.8 Å². The molecule has 4 nitrogen and oxygen atoms in total. The van der Waals surface area contributed by atoms with Gasteiger partial charge in [-0.25, -0.2) is 4.98 Å². The lowest BCUT2D eigenvalue weighted by atomic mass is 9.89. The Morgan fingerprint density at radius 2 is 2.04 bits per heavy atom. The molecular weight excluding hydrogens is 354 g/mol. The van der Waals surface area contributed by atoms with Crippen molar-refractivity contribution in [2.45, 2.75) is 39.2 Å². The lowest BCUT2D eigenvalue weighted by molar-refractivity contribution is 0.499. The maximum Gasteiger partial charge on any atom is 0.293 e. The van der Waals surface area contributed by atoms with Crippen LogP contribution in [0.1, 0.15) is 36.8 Å². The molecule has 1 aliphatic rings. The molecule has 1 saturated heterocycles. The van der Waals surface area contributed by atoms with E-state index in [4.69, 9.17) is 0 Å². The third-order valence-corrected chi connectivity index (χ3v) is 5.57. The molecule has 0 radical (unpaired) electrons. The summed E-state index contributed by atoms with van der Waals surface area (Å²) in [6.45, 7) is 6.56. The van der Waals surface area contributed by atoms with E-state index in [1.54, 1.807) is 17.0 Å². The molecule has 1 aromatic heterocycles. The van der Waals surface area contributed by atoms with Gasteiger partial charge in [-0.3, -0.25) is 4.79 Å². The molecule has 0 unspecified atom stereocenters. The Bertz CT molecular complexity index is 748. The maximum absolute atomic E-state index is 12.4. The number of aromatic nitrogens is 2. The summed E-state index contributed by atoms with van der Waals surface area (Å²) in [4.78, 5) is 18.8. The zero-order chi connectivity index (χ0) is 16.4. The fourth-order valence-electron chi connectivity index (χ4n) is 3.25. The van der Waals surface area contributed by atoms with Gasteiger partial charge in [0.2, 0.25) is 0 Å². The Morgan fingerprint density at radius 3 is 2.70 bits per heavy atom. The SMILES string of the molecule is CCn1ccnc(N2CCC(c3ccc(Br)c(C)c3)CC2)c1=O. The van der Waals surface area contributed by atoms with Gasteiger partial charge in [0.05, 0.1) is 0 Å². The van der Waals surface area contributed by atoms with Crippen LogP contribution in [-0.2, 0) is 6.54 Å². The number of halogens is 1. The van der Waals surface area contributed by atoms with Crippen LogP contribution in [0.3, 0.4) is 0 Å². The number of piperidine rings is 1. The third-order valence-electron chi connectivity index (χ3n) is 4.68. The molecule has 122 valence electrons. The number of nitrogens with zero attached hydrogens (tertiary/aromatic N) is 3. The lowest BCUT2D eigenvalue weighted by Gasteiger charge is -2.32. The van der Waals surface area contributed by atoms with Crippen molar-refractivity contribution in [3.63, 3.8) is 0 Å². The first-order valence-electron chi connectivity index (χ1n) is 8.16. The van der Waals surface area contributed by atoms with Crippen LogP contribution in [-0.4, -0.2) is 22.6 Å². The molecule has 0 aliphatic carbocycles. The number of anilines is 1.